The number of benzene rings is 1. The summed E-state index contributed by atoms with van der Waals surface area (Å²) in [7, 11) is 0. The van der Waals surface area contributed by atoms with Crippen LogP contribution in [0.4, 0.5) is 5.69 Å². The Balaban J connectivity index is 2.10. The van der Waals surface area contributed by atoms with Crippen LogP contribution in [0.5, 0.6) is 5.75 Å². The van der Waals surface area contributed by atoms with Gasteiger partial charge < -0.3 is 4.74 Å². The minimum atomic E-state index is -0.396. The summed E-state index contributed by atoms with van der Waals surface area (Å²) < 4.78 is 6.52. The van der Waals surface area contributed by atoms with Crippen LogP contribution in [0.25, 0.3) is 0 Å². The van der Waals surface area contributed by atoms with Crippen molar-refractivity contribution in [2.45, 2.75) is 45.6 Å². The van der Waals surface area contributed by atoms with Crippen molar-refractivity contribution in [3.05, 3.63) is 32.8 Å². The van der Waals surface area contributed by atoms with Crippen LogP contribution in [0, 0.1) is 15.5 Å². The van der Waals surface area contributed by atoms with Crippen molar-refractivity contribution in [1.29, 1.82) is 0 Å². The second kappa shape index (κ2) is 5.49. The largest absolute Gasteiger partial charge is 0.484 e. The maximum absolute atomic E-state index is 11.0. The number of halogens is 1. The van der Waals surface area contributed by atoms with E-state index in [2.05, 4.69) is 29.8 Å². The van der Waals surface area contributed by atoms with Crippen LogP contribution in [0.15, 0.2) is 22.7 Å². The Labute approximate surface area is 121 Å². The van der Waals surface area contributed by atoms with Gasteiger partial charge in [-0.05, 0) is 43.2 Å². The Morgan fingerprint density at radius 2 is 2.00 bits per heavy atom. The van der Waals surface area contributed by atoms with Gasteiger partial charge in [-0.15, -0.1) is 0 Å². The van der Waals surface area contributed by atoms with E-state index in [4.69, 9.17) is 4.74 Å². The van der Waals surface area contributed by atoms with Gasteiger partial charge in [-0.25, -0.2) is 0 Å². The van der Waals surface area contributed by atoms with Crippen molar-refractivity contribution in [3.8, 4) is 5.75 Å². The van der Waals surface area contributed by atoms with Crippen molar-refractivity contribution in [3.63, 3.8) is 0 Å². The molecule has 0 aliphatic heterocycles. The molecule has 104 valence electrons. The van der Waals surface area contributed by atoms with Gasteiger partial charge in [0.05, 0.1) is 11.0 Å². The maximum Gasteiger partial charge on any atom is 0.312 e. The SMILES string of the molecule is CC1(C)CCC(Oc2ccc(Br)cc2[N+](=O)[O-])CC1. The molecule has 19 heavy (non-hydrogen) atoms. The highest BCUT2D eigenvalue weighted by molar-refractivity contribution is 9.10. The van der Waals surface area contributed by atoms with E-state index in [1.54, 1.807) is 12.1 Å². The lowest BCUT2D eigenvalue weighted by Gasteiger charge is -2.34. The van der Waals surface area contributed by atoms with Gasteiger partial charge >= 0.3 is 5.69 Å². The molecule has 4 nitrogen and oxygen atoms in total. The van der Waals surface area contributed by atoms with Gasteiger partial charge in [0, 0.05) is 10.5 Å². The summed E-state index contributed by atoms with van der Waals surface area (Å²) in [5.41, 5.74) is 0.394. The molecule has 0 saturated heterocycles. The molecule has 2 rings (SSSR count). The summed E-state index contributed by atoms with van der Waals surface area (Å²) in [6.45, 7) is 4.51. The second-order valence-electron chi connectivity index (χ2n) is 5.85. The molecule has 0 N–H and O–H groups in total. The van der Waals surface area contributed by atoms with Crippen molar-refractivity contribution < 1.29 is 9.66 Å². The summed E-state index contributed by atoms with van der Waals surface area (Å²) in [6, 6.07) is 4.93. The summed E-state index contributed by atoms with van der Waals surface area (Å²) in [6.07, 6.45) is 4.21. The number of rotatable bonds is 3. The molecule has 1 aromatic rings. The molecule has 1 saturated carbocycles. The fourth-order valence-corrected chi connectivity index (χ4v) is 2.75. The fourth-order valence-electron chi connectivity index (χ4n) is 2.40. The lowest BCUT2D eigenvalue weighted by atomic mass is 9.76. The van der Waals surface area contributed by atoms with E-state index in [1.165, 1.54) is 6.07 Å². The molecule has 0 aromatic heterocycles. The van der Waals surface area contributed by atoms with Crippen molar-refractivity contribution in [2.75, 3.05) is 0 Å². The first-order valence-electron chi connectivity index (χ1n) is 6.48. The Morgan fingerprint density at radius 3 is 2.58 bits per heavy atom. The number of nitrogens with zero attached hydrogens (tertiary/aromatic N) is 1. The normalized spacial score (nSPS) is 19.1. The predicted molar refractivity (Wildman–Crippen MR) is 77.5 cm³/mol. The third-order valence-electron chi connectivity index (χ3n) is 3.70. The highest BCUT2D eigenvalue weighted by Gasteiger charge is 2.29. The predicted octanol–water partition coefficient (Wildman–Crippen LogP) is 4.70. The zero-order chi connectivity index (χ0) is 14.0. The van der Waals surface area contributed by atoms with Gasteiger partial charge in [0.2, 0.25) is 0 Å². The molecule has 5 heteroatoms. The van der Waals surface area contributed by atoms with Crippen LogP contribution in [-0.2, 0) is 0 Å². The average molecular weight is 328 g/mol. The first-order chi connectivity index (χ1) is 8.87. The molecule has 0 bridgehead atoms. The standard InChI is InChI=1S/C14H18BrNO3/c1-14(2)7-5-11(6-8-14)19-13-4-3-10(15)9-12(13)16(17)18/h3-4,9,11H,5-8H2,1-2H3. The van der Waals surface area contributed by atoms with E-state index >= 15 is 0 Å². The van der Waals surface area contributed by atoms with E-state index < -0.39 is 4.92 Å². The minimum Gasteiger partial charge on any atom is -0.484 e. The van der Waals surface area contributed by atoms with Crippen LogP contribution >= 0.6 is 15.9 Å². The quantitative estimate of drug-likeness (QED) is 0.597. The molecule has 1 aromatic carbocycles. The van der Waals surface area contributed by atoms with E-state index in [1.807, 2.05) is 0 Å². The van der Waals surface area contributed by atoms with Crippen molar-refractivity contribution in [1.82, 2.24) is 0 Å². The zero-order valence-corrected chi connectivity index (χ0v) is 12.8. The van der Waals surface area contributed by atoms with Gasteiger partial charge in [-0.2, -0.15) is 0 Å². The fraction of sp³-hybridized carbons (Fsp3) is 0.571. The zero-order valence-electron chi connectivity index (χ0n) is 11.2. The second-order valence-corrected chi connectivity index (χ2v) is 6.77. The van der Waals surface area contributed by atoms with Gasteiger partial charge in [-0.1, -0.05) is 29.8 Å². The van der Waals surface area contributed by atoms with Gasteiger partial charge in [0.1, 0.15) is 0 Å². The molecule has 0 spiro atoms. The van der Waals surface area contributed by atoms with E-state index in [9.17, 15) is 10.1 Å². The van der Waals surface area contributed by atoms with Crippen LogP contribution in [-0.4, -0.2) is 11.0 Å². The molecule has 0 unspecified atom stereocenters. The van der Waals surface area contributed by atoms with Crippen LogP contribution < -0.4 is 4.74 Å². The summed E-state index contributed by atoms with van der Waals surface area (Å²) >= 11 is 3.24. The monoisotopic (exact) mass is 327 g/mol. The van der Waals surface area contributed by atoms with Crippen LogP contribution in [0.3, 0.4) is 0 Å². The summed E-state index contributed by atoms with van der Waals surface area (Å²) in [4.78, 5) is 10.6. The Kier molecular flexibility index (Phi) is 4.13. The lowest BCUT2D eigenvalue weighted by molar-refractivity contribution is -0.386. The highest BCUT2D eigenvalue weighted by atomic mass is 79.9. The lowest BCUT2D eigenvalue weighted by Crippen LogP contribution is -2.28. The highest BCUT2D eigenvalue weighted by Crippen LogP contribution is 2.38. The number of nitro benzene ring substituents is 1. The molecule has 1 aliphatic carbocycles. The number of nitro groups is 1. The number of hydrogen-bond acceptors (Lipinski definition) is 3. The van der Waals surface area contributed by atoms with Gasteiger partial charge in [0.15, 0.2) is 5.75 Å². The Hall–Kier alpha value is -1.10. The van der Waals surface area contributed by atoms with Gasteiger partial charge in [0.25, 0.3) is 0 Å². The number of ether oxygens (including phenoxy) is 1. The van der Waals surface area contributed by atoms with Crippen LogP contribution in [0.1, 0.15) is 39.5 Å². The van der Waals surface area contributed by atoms with Crippen molar-refractivity contribution in [2.24, 2.45) is 5.41 Å². The molecular formula is C14H18BrNO3. The van der Waals surface area contributed by atoms with E-state index in [-0.39, 0.29) is 11.8 Å². The molecule has 0 radical (unpaired) electrons. The molecule has 0 heterocycles. The first-order valence-corrected chi connectivity index (χ1v) is 7.27. The molecule has 1 aliphatic rings. The third kappa shape index (κ3) is 3.69. The van der Waals surface area contributed by atoms with E-state index in [0.29, 0.717) is 15.6 Å². The Morgan fingerprint density at radius 1 is 1.37 bits per heavy atom. The third-order valence-corrected chi connectivity index (χ3v) is 4.19. The Bertz CT molecular complexity index is 478. The number of hydrogen-bond donors (Lipinski definition) is 0. The van der Waals surface area contributed by atoms with Gasteiger partial charge in [-0.3, -0.25) is 10.1 Å². The maximum atomic E-state index is 11.0. The van der Waals surface area contributed by atoms with E-state index in [0.717, 1.165) is 25.7 Å². The molecule has 0 atom stereocenters. The summed E-state index contributed by atoms with van der Waals surface area (Å²) in [5, 5.41) is 11.0. The average Bonchev–Trinajstić information content (AvgIpc) is 2.33. The topological polar surface area (TPSA) is 52.4 Å². The molecular weight excluding hydrogens is 310 g/mol. The molecule has 1 fully saturated rings. The smallest absolute Gasteiger partial charge is 0.312 e. The van der Waals surface area contributed by atoms with Crippen LogP contribution in [0.2, 0.25) is 0 Å². The summed E-state index contributed by atoms with van der Waals surface area (Å²) in [5.74, 6) is 0.373. The molecule has 0 amide bonds. The first kappa shape index (κ1) is 14.3. The minimum absolute atomic E-state index is 0.0270. The van der Waals surface area contributed by atoms with Crippen molar-refractivity contribution >= 4 is 21.6 Å².